The van der Waals surface area contributed by atoms with Crippen LogP contribution in [0.4, 0.5) is 4.39 Å². The highest BCUT2D eigenvalue weighted by Crippen LogP contribution is 2.10. The highest BCUT2D eigenvalue weighted by Gasteiger charge is 2.15. The molecular weight excluding hydrogens is 251 g/mol. The van der Waals surface area contributed by atoms with E-state index in [1.165, 1.54) is 38.4 Å². The van der Waals surface area contributed by atoms with Crippen LogP contribution in [0.15, 0.2) is 24.3 Å². The maximum atomic E-state index is 13.2. The third-order valence-corrected chi connectivity index (χ3v) is 3.98. The Morgan fingerprint density at radius 2 is 1.90 bits per heavy atom. The average molecular weight is 278 g/mol. The van der Waals surface area contributed by atoms with Gasteiger partial charge in [0.05, 0.1) is 0 Å². The predicted octanol–water partition coefficient (Wildman–Crippen LogP) is 3.22. The largest absolute Gasteiger partial charge is 0.310 e. The van der Waals surface area contributed by atoms with E-state index in [-0.39, 0.29) is 5.82 Å². The third-order valence-electron chi connectivity index (χ3n) is 3.98. The molecule has 1 aliphatic rings. The summed E-state index contributed by atoms with van der Waals surface area (Å²) >= 11 is 0. The smallest absolute Gasteiger partial charge is 0.123 e. The van der Waals surface area contributed by atoms with Gasteiger partial charge < -0.3 is 10.2 Å². The van der Waals surface area contributed by atoms with Crippen LogP contribution in [0, 0.1) is 5.82 Å². The molecule has 0 bridgehead atoms. The zero-order valence-electron chi connectivity index (χ0n) is 12.7. The van der Waals surface area contributed by atoms with Crippen LogP contribution in [0.1, 0.15) is 38.7 Å². The third kappa shape index (κ3) is 5.22. The van der Waals surface area contributed by atoms with Crippen LogP contribution < -0.4 is 5.32 Å². The lowest BCUT2D eigenvalue weighted by molar-refractivity contribution is 0.205. The lowest BCUT2D eigenvalue weighted by Gasteiger charge is -2.30. The predicted molar refractivity (Wildman–Crippen MR) is 82.5 cm³/mol. The van der Waals surface area contributed by atoms with E-state index in [0.717, 1.165) is 18.5 Å². The molecule has 1 N–H and O–H groups in total. The molecule has 0 aromatic heterocycles. The van der Waals surface area contributed by atoms with Gasteiger partial charge in [0.2, 0.25) is 0 Å². The van der Waals surface area contributed by atoms with Crippen LogP contribution in [0.3, 0.4) is 0 Å². The van der Waals surface area contributed by atoms with Gasteiger partial charge in [-0.2, -0.15) is 0 Å². The highest BCUT2D eigenvalue weighted by molar-refractivity contribution is 5.17. The van der Waals surface area contributed by atoms with E-state index in [9.17, 15) is 4.39 Å². The second-order valence-corrected chi connectivity index (χ2v) is 6.16. The van der Waals surface area contributed by atoms with Crippen molar-refractivity contribution in [2.45, 2.75) is 51.6 Å². The minimum atomic E-state index is -0.143. The Kier molecular flexibility index (Phi) is 5.99. The number of nitrogens with one attached hydrogen (secondary N) is 1. The first-order valence-corrected chi connectivity index (χ1v) is 7.86. The van der Waals surface area contributed by atoms with Gasteiger partial charge in [0.15, 0.2) is 0 Å². The van der Waals surface area contributed by atoms with Gasteiger partial charge in [-0.1, -0.05) is 18.6 Å². The number of rotatable bonds is 6. The van der Waals surface area contributed by atoms with Gasteiger partial charge in [-0.25, -0.2) is 4.39 Å². The van der Waals surface area contributed by atoms with Crippen LogP contribution in [-0.2, 0) is 6.42 Å². The number of halogens is 1. The molecule has 112 valence electrons. The zero-order chi connectivity index (χ0) is 14.4. The minimum Gasteiger partial charge on any atom is -0.310 e. The molecule has 2 nitrogen and oxygen atoms in total. The van der Waals surface area contributed by atoms with Crippen molar-refractivity contribution < 1.29 is 4.39 Å². The summed E-state index contributed by atoms with van der Waals surface area (Å²) in [6.07, 6.45) is 4.94. The average Bonchev–Trinajstić information content (AvgIpc) is 2.39. The lowest BCUT2D eigenvalue weighted by Crippen LogP contribution is -2.45. The SMILES string of the molecule is CC(Cc1cccc(F)c1)NC(C)CN1CCCCC1. The molecule has 0 spiro atoms. The Bertz CT molecular complexity index is 402. The van der Waals surface area contributed by atoms with Gasteiger partial charge >= 0.3 is 0 Å². The molecule has 1 aromatic carbocycles. The second-order valence-electron chi connectivity index (χ2n) is 6.16. The van der Waals surface area contributed by atoms with E-state index in [1.807, 2.05) is 6.07 Å². The van der Waals surface area contributed by atoms with Gasteiger partial charge in [0.25, 0.3) is 0 Å². The van der Waals surface area contributed by atoms with Crippen molar-refractivity contribution in [3.05, 3.63) is 35.6 Å². The first-order valence-electron chi connectivity index (χ1n) is 7.86. The van der Waals surface area contributed by atoms with Crippen molar-refractivity contribution in [2.75, 3.05) is 19.6 Å². The van der Waals surface area contributed by atoms with Gasteiger partial charge in [-0.05, 0) is 63.9 Å². The van der Waals surface area contributed by atoms with Crippen molar-refractivity contribution in [1.82, 2.24) is 10.2 Å². The Balaban J connectivity index is 1.74. The number of piperidine rings is 1. The monoisotopic (exact) mass is 278 g/mol. The molecule has 1 saturated heterocycles. The molecule has 1 aromatic rings. The summed E-state index contributed by atoms with van der Waals surface area (Å²) < 4.78 is 13.2. The van der Waals surface area contributed by atoms with E-state index in [1.54, 1.807) is 12.1 Å². The van der Waals surface area contributed by atoms with E-state index in [4.69, 9.17) is 0 Å². The van der Waals surface area contributed by atoms with Crippen molar-refractivity contribution in [2.24, 2.45) is 0 Å². The Hall–Kier alpha value is -0.930. The summed E-state index contributed by atoms with van der Waals surface area (Å²) in [6, 6.07) is 7.77. The molecule has 0 saturated carbocycles. The Morgan fingerprint density at radius 3 is 2.60 bits per heavy atom. The molecule has 3 heteroatoms. The highest BCUT2D eigenvalue weighted by atomic mass is 19.1. The molecule has 1 fully saturated rings. The molecule has 0 amide bonds. The van der Waals surface area contributed by atoms with E-state index >= 15 is 0 Å². The maximum Gasteiger partial charge on any atom is 0.123 e. The zero-order valence-corrected chi connectivity index (χ0v) is 12.7. The molecule has 20 heavy (non-hydrogen) atoms. The Labute approximate surface area is 122 Å². The summed E-state index contributed by atoms with van der Waals surface area (Å²) in [5, 5.41) is 3.63. The van der Waals surface area contributed by atoms with Crippen LogP contribution in [0.25, 0.3) is 0 Å². The fourth-order valence-electron chi connectivity index (χ4n) is 3.14. The second kappa shape index (κ2) is 7.75. The number of benzene rings is 1. The summed E-state index contributed by atoms with van der Waals surface area (Å²) in [4.78, 5) is 2.55. The summed E-state index contributed by atoms with van der Waals surface area (Å²) in [5.41, 5.74) is 1.06. The van der Waals surface area contributed by atoms with Crippen LogP contribution in [0.5, 0.6) is 0 Å². The molecule has 1 heterocycles. The van der Waals surface area contributed by atoms with E-state index in [2.05, 4.69) is 24.1 Å². The van der Waals surface area contributed by atoms with Gasteiger partial charge in [0, 0.05) is 18.6 Å². The standard InChI is InChI=1S/C17H27FN2/c1-14(11-16-7-6-8-17(18)12-16)19-15(2)13-20-9-4-3-5-10-20/h6-8,12,14-15,19H,3-5,9-11,13H2,1-2H3. The molecule has 2 unspecified atom stereocenters. The molecule has 2 atom stereocenters. The first-order chi connectivity index (χ1) is 9.63. The molecule has 1 aliphatic heterocycles. The van der Waals surface area contributed by atoms with Gasteiger partial charge in [-0.15, -0.1) is 0 Å². The maximum absolute atomic E-state index is 13.2. The lowest BCUT2D eigenvalue weighted by atomic mass is 10.1. The van der Waals surface area contributed by atoms with Crippen LogP contribution in [0.2, 0.25) is 0 Å². The van der Waals surface area contributed by atoms with Crippen LogP contribution in [-0.4, -0.2) is 36.6 Å². The first kappa shape index (κ1) is 15.5. The Morgan fingerprint density at radius 1 is 1.15 bits per heavy atom. The summed E-state index contributed by atoms with van der Waals surface area (Å²) in [5.74, 6) is -0.143. The molecule has 2 rings (SSSR count). The van der Waals surface area contributed by atoms with Gasteiger partial charge in [-0.3, -0.25) is 0 Å². The quantitative estimate of drug-likeness (QED) is 0.859. The van der Waals surface area contributed by atoms with Crippen molar-refractivity contribution in [3.8, 4) is 0 Å². The topological polar surface area (TPSA) is 15.3 Å². The number of likely N-dealkylation sites (tertiary alicyclic amines) is 1. The number of hydrogen-bond donors (Lipinski definition) is 1. The minimum absolute atomic E-state index is 0.143. The van der Waals surface area contributed by atoms with Gasteiger partial charge in [0.1, 0.15) is 5.82 Å². The van der Waals surface area contributed by atoms with Crippen molar-refractivity contribution in [3.63, 3.8) is 0 Å². The number of hydrogen-bond acceptors (Lipinski definition) is 2. The van der Waals surface area contributed by atoms with E-state index in [0.29, 0.717) is 12.1 Å². The summed E-state index contributed by atoms with van der Waals surface area (Å²) in [6.45, 7) is 8.02. The van der Waals surface area contributed by atoms with Crippen molar-refractivity contribution >= 4 is 0 Å². The van der Waals surface area contributed by atoms with Crippen LogP contribution >= 0.6 is 0 Å². The van der Waals surface area contributed by atoms with Crippen molar-refractivity contribution in [1.29, 1.82) is 0 Å². The fraction of sp³-hybridized carbons (Fsp3) is 0.647. The number of nitrogens with zero attached hydrogens (tertiary/aromatic N) is 1. The van der Waals surface area contributed by atoms with E-state index < -0.39 is 0 Å². The molecular formula is C17H27FN2. The fourth-order valence-corrected chi connectivity index (χ4v) is 3.14. The normalized spacial score (nSPS) is 19.8. The summed E-state index contributed by atoms with van der Waals surface area (Å²) in [7, 11) is 0. The molecule has 0 aliphatic carbocycles. The molecule has 0 radical (unpaired) electrons.